The van der Waals surface area contributed by atoms with E-state index in [-0.39, 0.29) is 12.5 Å². The fourth-order valence-electron chi connectivity index (χ4n) is 2.12. The minimum absolute atomic E-state index is 0.257. The fourth-order valence-corrected chi connectivity index (χ4v) is 2.12. The van der Waals surface area contributed by atoms with Crippen LogP contribution in [0.15, 0.2) is 60.7 Å². The molecule has 0 heterocycles. The Morgan fingerprint density at radius 2 is 1.41 bits per heavy atom. The second-order valence-corrected chi connectivity index (χ2v) is 4.82. The fraction of sp³-hybridized carbons (Fsp3) is 0.222. The van der Waals surface area contributed by atoms with E-state index in [0.29, 0.717) is 0 Å². The molecule has 0 fully saturated rings. The van der Waals surface area contributed by atoms with Gasteiger partial charge in [0.25, 0.3) is 0 Å². The predicted octanol–water partition coefficient (Wildman–Crippen LogP) is 3.55. The largest absolute Gasteiger partial charge is 0.465 e. The molecule has 0 aliphatic heterocycles. The third-order valence-corrected chi connectivity index (χ3v) is 3.26. The number of carbonyl (C=O) groups excluding carboxylic acids is 2. The highest BCUT2D eigenvalue weighted by molar-refractivity contribution is 6.09. The first-order valence-electron chi connectivity index (χ1n) is 7.26. The van der Waals surface area contributed by atoms with E-state index in [1.165, 1.54) is 0 Å². The summed E-state index contributed by atoms with van der Waals surface area (Å²) in [5, 5.41) is 0. The zero-order valence-corrected chi connectivity index (χ0v) is 12.7. The minimum Gasteiger partial charge on any atom is -0.465 e. The normalized spacial score (nSPS) is 11.5. The maximum atomic E-state index is 12.8. The summed E-state index contributed by atoms with van der Waals surface area (Å²) >= 11 is 0. The van der Waals surface area contributed by atoms with Crippen LogP contribution < -0.4 is 4.90 Å². The molecule has 4 heteroatoms. The Balaban J connectivity index is 2.37. The summed E-state index contributed by atoms with van der Waals surface area (Å²) in [6, 6.07) is 18.5. The maximum absolute atomic E-state index is 12.8. The third-order valence-electron chi connectivity index (χ3n) is 3.26. The van der Waals surface area contributed by atoms with Crippen molar-refractivity contribution in [3.8, 4) is 0 Å². The van der Waals surface area contributed by atoms with Crippen molar-refractivity contribution >= 4 is 23.3 Å². The van der Waals surface area contributed by atoms with Crippen molar-refractivity contribution in [2.24, 2.45) is 5.92 Å². The molecule has 0 saturated carbocycles. The van der Waals surface area contributed by atoms with E-state index in [0.717, 1.165) is 11.4 Å². The van der Waals surface area contributed by atoms with Crippen molar-refractivity contribution in [3.63, 3.8) is 0 Å². The van der Waals surface area contributed by atoms with Gasteiger partial charge in [-0.25, -0.2) is 0 Å². The first-order valence-corrected chi connectivity index (χ1v) is 7.26. The van der Waals surface area contributed by atoms with Gasteiger partial charge in [-0.05, 0) is 38.1 Å². The highest BCUT2D eigenvalue weighted by Gasteiger charge is 2.29. The quantitative estimate of drug-likeness (QED) is 0.626. The van der Waals surface area contributed by atoms with Crippen LogP contribution in [0.5, 0.6) is 0 Å². The molecule has 4 nitrogen and oxygen atoms in total. The second kappa shape index (κ2) is 7.41. The maximum Gasteiger partial charge on any atom is 0.318 e. The lowest BCUT2D eigenvalue weighted by Gasteiger charge is -2.25. The molecular weight excluding hydrogens is 278 g/mol. The van der Waals surface area contributed by atoms with Gasteiger partial charge in [0.1, 0.15) is 5.92 Å². The summed E-state index contributed by atoms with van der Waals surface area (Å²) in [5.74, 6) is -1.68. The van der Waals surface area contributed by atoms with Crippen molar-refractivity contribution in [3.05, 3.63) is 60.7 Å². The number of para-hydroxylation sites is 2. The molecule has 22 heavy (non-hydrogen) atoms. The number of benzene rings is 2. The van der Waals surface area contributed by atoms with E-state index in [4.69, 9.17) is 4.74 Å². The number of anilines is 2. The Kier molecular flexibility index (Phi) is 5.31. The predicted molar refractivity (Wildman–Crippen MR) is 85.8 cm³/mol. The molecule has 1 atom stereocenters. The summed E-state index contributed by atoms with van der Waals surface area (Å²) in [4.78, 5) is 26.2. The average molecular weight is 297 g/mol. The number of carbonyl (C=O) groups is 2. The number of hydrogen-bond donors (Lipinski definition) is 0. The van der Waals surface area contributed by atoms with Crippen molar-refractivity contribution in [1.29, 1.82) is 0 Å². The van der Waals surface area contributed by atoms with Crippen LogP contribution >= 0.6 is 0 Å². The van der Waals surface area contributed by atoms with Crippen LogP contribution in [-0.4, -0.2) is 18.5 Å². The molecule has 2 aromatic carbocycles. The van der Waals surface area contributed by atoms with Crippen LogP contribution in [0.25, 0.3) is 0 Å². The average Bonchev–Trinajstić information content (AvgIpc) is 2.56. The van der Waals surface area contributed by atoms with Gasteiger partial charge in [-0.2, -0.15) is 0 Å². The summed E-state index contributed by atoms with van der Waals surface area (Å²) in [7, 11) is 0. The molecule has 0 aliphatic carbocycles. The molecule has 2 aromatic rings. The van der Waals surface area contributed by atoms with Crippen molar-refractivity contribution in [1.82, 2.24) is 0 Å². The first-order chi connectivity index (χ1) is 10.6. The van der Waals surface area contributed by atoms with Gasteiger partial charge in [-0.3, -0.25) is 14.5 Å². The van der Waals surface area contributed by atoms with Gasteiger partial charge in [0, 0.05) is 11.4 Å². The number of esters is 1. The van der Waals surface area contributed by atoms with Gasteiger partial charge in [0.15, 0.2) is 0 Å². The topological polar surface area (TPSA) is 46.6 Å². The van der Waals surface area contributed by atoms with Gasteiger partial charge in [0.05, 0.1) is 6.61 Å². The van der Waals surface area contributed by atoms with E-state index in [9.17, 15) is 9.59 Å². The number of ether oxygens (including phenoxy) is 1. The van der Waals surface area contributed by atoms with E-state index >= 15 is 0 Å². The Morgan fingerprint density at radius 3 is 1.82 bits per heavy atom. The smallest absolute Gasteiger partial charge is 0.318 e. The van der Waals surface area contributed by atoms with Crippen molar-refractivity contribution in [2.45, 2.75) is 13.8 Å². The Labute approximate surface area is 130 Å². The Bertz CT molecular complexity index is 586. The molecule has 0 radical (unpaired) electrons. The summed E-state index contributed by atoms with van der Waals surface area (Å²) in [5.41, 5.74) is 1.43. The van der Waals surface area contributed by atoms with Crippen LogP contribution in [0.3, 0.4) is 0 Å². The van der Waals surface area contributed by atoms with Gasteiger partial charge >= 0.3 is 5.97 Å². The lowest BCUT2D eigenvalue weighted by atomic mass is 10.1. The molecule has 0 aliphatic rings. The molecule has 0 spiro atoms. The number of rotatable bonds is 5. The molecule has 114 valence electrons. The lowest BCUT2D eigenvalue weighted by molar-refractivity contribution is -0.150. The molecule has 1 unspecified atom stereocenters. The van der Waals surface area contributed by atoms with Crippen LogP contribution in [0.1, 0.15) is 13.8 Å². The molecule has 0 N–H and O–H groups in total. The van der Waals surface area contributed by atoms with Gasteiger partial charge in [0.2, 0.25) is 5.91 Å². The molecule has 0 aromatic heterocycles. The number of amides is 1. The van der Waals surface area contributed by atoms with Crippen LogP contribution in [-0.2, 0) is 14.3 Å². The van der Waals surface area contributed by atoms with Crippen molar-refractivity contribution in [2.75, 3.05) is 11.5 Å². The van der Waals surface area contributed by atoms with E-state index in [1.807, 2.05) is 60.7 Å². The van der Waals surface area contributed by atoms with Gasteiger partial charge in [-0.1, -0.05) is 36.4 Å². The number of hydrogen-bond acceptors (Lipinski definition) is 3. The van der Waals surface area contributed by atoms with Crippen LogP contribution in [0.2, 0.25) is 0 Å². The lowest BCUT2D eigenvalue weighted by Crippen LogP contribution is -2.36. The standard InChI is InChI=1S/C18H19NO3/c1-3-22-18(21)14(2)17(20)19(15-10-6-4-7-11-15)16-12-8-5-9-13-16/h4-14H,3H2,1-2H3. The van der Waals surface area contributed by atoms with E-state index in [1.54, 1.807) is 18.7 Å². The highest BCUT2D eigenvalue weighted by atomic mass is 16.5. The summed E-state index contributed by atoms with van der Waals surface area (Å²) < 4.78 is 4.96. The zero-order valence-electron chi connectivity index (χ0n) is 12.7. The summed E-state index contributed by atoms with van der Waals surface area (Å²) in [6.45, 7) is 3.55. The van der Waals surface area contributed by atoms with Crippen LogP contribution in [0.4, 0.5) is 11.4 Å². The number of nitrogens with zero attached hydrogens (tertiary/aromatic N) is 1. The van der Waals surface area contributed by atoms with Crippen LogP contribution in [0, 0.1) is 5.92 Å². The third kappa shape index (κ3) is 3.52. The van der Waals surface area contributed by atoms with Gasteiger partial charge < -0.3 is 4.74 Å². The summed E-state index contributed by atoms with van der Waals surface area (Å²) in [6.07, 6.45) is 0. The molecule has 0 saturated heterocycles. The Hall–Kier alpha value is -2.62. The first kappa shape index (κ1) is 15.8. The van der Waals surface area contributed by atoms with Crippen molar-refractivity contribution < 1.29 is 14.3 Å². The zero-order chi connectivity index (χ0) is 15.9. The molecule has 2 rings (SSSR count). The van der Waals surface area contributed by atoms with E-state index < -0.39 is 11.9 Å². The monoisotopic (exact) mass is 297 g/mol. The molecular formula is C18H19NO3. The van der Waals surface area contributed by atoms with E-state index in [2.05, 4.69) is 0 Å². The molecule has 1 amide bonds. The Morgan fingerprint density at radius 1 is 0.955 bits per heavy atom. The molecule has 0 bridgehead atoms. The SMILES string of the molecule is CCOC(=O)C(C)C(=O)N(c1ccccc1)c1ccccc1. The second-order valence-electron chi connectivity index (χ2n) is 4.82. The highest BCUT2D eigenvalue weighted by Crippen LogP contribution is 2.27. The van der Waals surface area contributed by atoms with Gasteiger partial charge in [-0.15, -0.1) is 0 Å². The minimum atomic E-state index is -0.861.